The number of rotatable bonds is 7. The maximum atomic E-state index is 5.53. The van der Waals surface area contributed by atoms with Crippen molar-refractivity contribution in [1.82, 2.24) is 14.9 Å². The fraction of sp³-hybridized carbons (Fsp3) is 0.692. The lowest BCUT2D eigenvalue weighted by molar-refractivity contribution is 0.232. The van der Waals surface area contributed by atoms with Crippen molar-refractivity contribution in [3.05, 3.63) is 12.4 Å². The zero-order valence-electron chi connectivity index (χ0n) is 11.4. The van der Waals surface area contributed by atoms with Gasteiger partial charge in [0.1, 0.15) is 12.1 Å². The van der Waals surface area contributed by atoms with Crippen molar-refractivity contribution in [2.45, 2.75) is 38.8 Å². The summed E-state index contributed by atoms with van der Waals surface area (Å²) in [4.78, 5) is 10.6. The molecule has 0 amide bonds. The van der Waals surface area contributed by atoms with Gasteiger partial charge in [0.05, 0.1) is 6.10 Å². The van der Waals surface area contributed by atoms with Gasteiger partial charge in [0.2, 0.25) is 5.88 Å². The van der Waals surface area contributed by atoms with Gasteiger partial charge in [-0.2, -0.15) is 0 Å². The summed E-state index contributed by atoms with van der Waals surface area (Å²) in [7, 11) is 2.17. The SMILES string of the molecule is CC(C)Oc1cc(NCCN(C)C2CC2)ncn1. The maximum absolute atomic E-state index is 5.53. The lowest BCUT2D eigenvalue weighted by Crippen LogP contribution is -2.27. The molecule has 1 aromatic rings. The predicted octanol–water partition coefficient (Wildman–Crippen LogP) is 1.77. The number of hydrogen-bond donors (Lipinski definition) is 1. The first-order valence-corrected chi connectivity index (χ1v) is 6.58. The average Bonchev–Trinajstić information content (AvgIpc) is 3.12. The fourth-order valence-electron chi connectivity index (χ4n) is 1.80. The Hall–Kier alpha value is -1.36. The molecular weight excluding hydrogens is 228 g/mol. The smallest absolute Gasteiger partial charge is 0.218 e. The lowest BCUT2D eigenvalue weighted by Gasteiger charge is -2.16. The van der Waals surface area contributed by atoms with Crippen LogP contribution in [0.1, 0.15) is 26.7 Å². The molecule has 0 unspecified atom stereocenters. The van der Waals surface area contributed by atoms with Crippen molar-refractivity contribution in [1.29, 1.82) is 0 Å². The summed E-state index contributed by atoms with van der Waals surface area (Å²) in [6.07, 6.45) is 4.35. The zero-order chi connectivity index (χ0) is 13.0. The van der Waals surface area contributed by atoms with Gasteiger partial charge in [0.25, 0.3) is 0 Å². The van der Waals surface area contributed by atoms with Gasteiger partial charge in [-0.25, -0.2) is 9.97 Å². The Morgan fingerprint density at radius 1 is 1.44 bits per heavy atom. The summed E-state index contributed by atoms with van der Waals surface area (Å²) >= 11 is 0. The first kappa shape index (κ1) is 13.1. The molecule has 1 fully saturated rings. The van der Waals surface area contributed by atoms with E-state index in [2.05, 4.69) is 27.2 Å². The molecule has 0 radical (unpaired) electrons. The second-order valence-electron chi connectivity index (χ2n) is 5.05. The molecule has 18 heavy (non-hydrogen) atoms. The molecule has 0 aromatic carbocycles. The Morgan fingerprint density at radius 2 is 2.22 bits per heavy atom. The molecule has 0 spiro atoms. The Bertz CT molecular complexity index is 379. The minimum absolute atomic E-state index is 0.133. The summed E-state index contributed by atoms with van der Waals surface area (Å²) in [5.41, 5.74) is 0. The van der Waals surface area contributed by atoms with E-state index in [4.69, 9.17) is 4.74 Å². The number of likely N-dealkylation sites (N-methyl/N-ethyl adjacent to an activating group) is 1. The molecule has 1 saturated carbocycles. The van der Waals surface area contributed by atoms with Crippen LogP contribution in [0.3, 0.4) is 0 Å². The summed E-state index contributed by atoms with van der Waals surface area (Å²) in [6.45, 7) is 5.90. The summed E-state index contributed by atoms with van der Waals surface area (Å²) in [5.74, 6) is 1.45. The molecule has 1 heterocycles. The van der Waals surface area contributed by atoms with E-state index in [-0.39, 0.29) is 6.10 Å². The van der Waals surface area contributed by atoms with Crippen LogP contribution < -0.4 is 10.1 Å². The van der Waals surface area contributed by atoms with Crippen molar-refractivity contribution in [2.24, 2.45) is 0 Å². The van der Waals surface area contributed by atoms with Crippen molar-refractivity contribution < 1.29 is 4.74 Å². The van der Waals surface area contributed by atoms with Crippen LogP contribution in [0, 0.1) is 0 Å². The van der Waals surface area contributed by atoms with Crippen LogP contribution in [-0.2, 0) is 0 Å². The Labute approximate surface area is 109 Å². The molecule has 5 nitrogen and oxygen atoms in total. The Kier molecular flexibility index (Phi) is 4.36. The summed E-state index contributed by atoms with van der Waals surface area (Å²) in [6, 6.07) is 2.65. The number of anilines is 1. The Morgan fingerprint density at radius 3 is 2.89 bits per heavy atom. The van der Waals surface area contributed by atoms with E-state index in [0.717, 1.165) is 24.9 Å². The van der Waals surface area contributed by atoms with E-state index in [9.17, 15) is 0 Å². The molecular formula is C13H22N4O. The highest BCUT2D eigenvalue weighted by Gasteiger charge is 2.25. The van der Waals surface area contributed by atoms with E-state index in [1.807, 2.05) is 19.9 Å². The topological polar surface area (TPSA) is 50.3 Å². The molecule has 0 atom stereocenters. The van der Waals surface area contributed by atoms with Crippen LogP contribution in [0.4, 0.5) is 5.82 Å². The van der Waals surface area contributed by atoms with Crippen LogP contribution >= 0.6 is 0 Å². The van der Waals surface area contributed by atoms with Crippen molar-refractivity contribution >= 4 is 5.82 Å². The molecule has 2 rings (SSSR count). The number of aromatic nitrogens is 2. The van der Waals surface area contributed by atoms with Gasteiger partial charge in [0.15, 0.2) is 0 Å². The van der Waals surface area contributed by atoms with Gasteiger partial charge in [-0.15, -0.1) is 0 Å². The third-order valence-electron chi connectivity index (χ3n) is 2.94. The second-order valence-corrected chi connectivity index (χ2v) is 5.05. The second kappa shape index (κ2) is 6.00. The third-order valence-corrected chi connectivity index (χ3v) is 2.94. The van der Waals surface area contributed by atoms with Crippen LogP contribution in [-0.4, -0.2) is 47.2 Å². The largest absolute Gasteiger partial charge is 0.475 e. The first-order chi connectivity index (χ1) is 8.65. The molecule has 100 valence electrons. The van der Waals surface area contributed by atoms with E-state index in [1.54, 1.807) is 0 Å². The van der Waals surface area contributed by atoms with Crippen molar-refractivity contribution in [3.63, 3.8) is 0 Å². The molecule has 1 aliphatic carbocycles. The maximum Gasteiger partial charge on any atom is 0.218 e. The molecule has 1 N–H and O–H groups in total. The van der Waals surface area contributed by atoms with Gasteiger partial charge < -0.3 is 15.0 Å². The highest BCUT2D eigenvalue weighted by Crippen LogP contribution is 2.24. The monoisotopic (exact) mass is 250 g/mol. The van der Waals surface area contributed by atoms with Crippen molar-refractivity contribution in [3.8, 4) is 5.88 Å². The Balaban J connectivity index is 1.77. The summed E-state index contributed by atoms with van der Waals surface area (Å²) < 4.78 is 5.53. The summed E-state index contributed by atoms with van der Waals surface area (Å²) in [5, 5.41) is 3.30. The minimum Gasteiger partial charge on any atom is -0.475 e. The van der Waals surface area contributed by atoms with E-state index >= 15 is 0 Å². The van der Waals surface area contributed by atoms with Gasteiger partial charge in [-0.05, 0) is 33.7 Å². The molecule has 0 saturated heterocycles. The van der Waals surface area contributed by atoms with Crippen LogP contribution in [0.5, 0.6) is 5.88 Å². The first-order valence-electron chi connectivity index (χ1n) is 6.58. The van der Waals surface area contributed by atoms with Gasteiger partial charge in [-0.3, -0.25) is 0 Å². The molecule has 0 aliphatic heterocycles. The minimum atomic E-state index is 0.133. The molecule has 5 heteroatoms. The number of ether oxygens (including phenoxy) is 1. The van der Waals surface area contributed by atoms with Gasteiger partial charge in [0, 0.05) is 25.2 Å². The molecule has 0 bridgehead atoms. The number of hydrogen-bond acceptors (Lipinski definition) is 5. The predicted molar refractivity (Wildman–Crippen MR) is 71.9 cm³/mol. The quantitative estimate of drug-likeness (QED) is 0.799. The highest BCUT2D eigenvalue weighted by molar-refractivity contribution is 5.37. The third kappa shape index (κ3) is 4.14. The zero-order valence-corrected chi connectivity index (χ0v) is 11.4. The highest BCUT2D eigenvalue weighted by atomic mass is 16.5. The average molecular weight is 250 g/mol. The van der Waals surface area contributed by atoms with E-state index < -0.39 is 0 Å². The number of nitrogens with one attached hydrogen (secondary N) is 1. The van der Waals surface area contributed by atoms with E-state index in [0.29, 0.717) is 5.88 Å². The van der Waals surface area contributed by atoms with Gasteiger partial charge in [-0.1, -0.05) is 0 Å². The fourth-order valence-corrected chi connectivity index (χ4v) is 1.80. The molecule has 1 aromatic heterocycles. The normalized spacial score (nSPS) is 15.2. The van der Waals surface area contributed by atoms with Crippen LogP contribution in [0.2, 0.25) is 0 Å². The van der Waals surface area contributed by atoms with Crippen LogP contribution in [0.25, 0.3) is 0 Å². The standard InChI is InChI=1S/C13H22N4O/c1-10(2)18-13-8-12(15-9-16-13)14-6-7-17(3)11-4-5-11/h8-11H,4-7H2,1-3H3,(H,14,15,16). The van der Waals surface area contributed by atoms with E-state index in [1.165, 1.54) is 19.2 Å². The van der Waals surface area contributed by atoms with Crippen LogP contribution in [0.15, 0.2) is 12.4 Å². The lowest BCUT2D eigenvalue weighted by atomic mass is 10.4. The molecule has 1 aliphatic rings. The van der Waals surface area contributed by atoms with Gasteiger partial charge >= 0.3 is 0 Å². The number of nitrogens with zero attached hydrogens (tertiary/aromatic N) is 3. The van der Waals surface area contributed by atoms with Crippen molar-refractivity contribution in [2.75, 3.05) is 25.5 Å².